The number of ether oxygens (including phenoxy) is 1. The van der Waals surface area contributed by atoms with E-state index in [1.807, 2.05) is 48.5 Å². The van der Waals surface area contributed by atoms with Crippen molar-refractivity contribution in [3.05, 3.63) is 78.4 Å². The Morgan fingerprint density at radius 2 is 1.92 bits per heavy atom. The van der Waals surface area contributed by atoms with Crippen molar-refractivity contribution in [3.63, 3.8) is 0 Å². The highest BCUT2D eigenvalue weighted by Crippen LogP contribution is 2.40. The Morgan fingerprint density at radius 3 is 2.65 bits per heavy atom. The Bertz CT molecular complexity index is 822. The number of carbonyl (C=O) groups is 1. The number of amides is 1. The largest absolute Gasteiger partial charge is 0.493 e. The van der Waals surface area contributed by atoms with Gasteiger partial charge in [0.25, 0.3) is 5.91 Å². The molecule has 0 aromatic heterocycles. The zero-order valence-corrected chi connectivity index (χ0v) is 15.5. The van der Waals surface area contributed by atoms with Crippen molar-refractivity contribution < 1.29 is 9.53 Å². The van der Waals surface area contributed by atoms with Crippen LogP contribution < -0.4 is 15.4 Å². The lowest BCUT2D eigenvalue weighted by molar-refractivity contribution is 0.0975. The third kappa shape index (κ3) is 3.63. The SMILES string of the molecule is C=C[C@@H]1CCOc2ccccc2[C@]1(C)NC(=S)NC(=O)c1ccccc1. The standard InChI is InChI=1S/C21H22N2O2S/c1-3-16-13-14-25-18-12-8-7-11-17(18)21(16,2)23-20(26)22-19(24)15-9-5-4-6-10-15/h3-12,16H,1,13-14H2,2H3,(H2,22,23,24,26)/t16-,21-/m1/s1. The molecule has 1 amide bonds. The van der Waals surface area contributed by atoms with Gasteiger partial charge in [-0.1, -0.05) is 42.5 Å². The van der Waals surface area contributed by atoms with Crippen LogP contribution in [0, 0.1) is 5.92 Å². The number of benzene rings is 2. The fraction of sp³-hybridized carbons (Fsp3) is 0.238. The highest BCUT2D eigenvalue weighted by atomic mass is 32.1. The number of fused-ring (bicyclic) bond motifs is 1. The van der Waals surface area contributed by atoms with Crippen LogP contribution in [0.3, 0.4) is 0 Å². The highest BCUT2D eigenvalue weighted by molar-refractivity contribution is 7.80. The Kier molecular flexibility index (Phi) is 5.38. The van der Waals surface area contributed by atoms with Gasteiger partial charge in [-0.05, 0) is 43.8 Å². The maximum absolute atomic E-state index is 12.4. The minimum Gasteiger partial charge on any atom is -0.493 e. The second-order valence-electron chi connectivity index (χ2n) is 6.45. The van der Waals surface area contributed by atoms with Crippen molar-refractivity contribution in [3.8, 4) is 5.75 Å². The predicted molar refractivity (Wildman–Crippen MR) is 107 cm³/mol. The summed E-state index contributed by atoms with van der Waals surface area (Å²) in [4.78, 5) is 12.4. The van der Waals surface area contributed by atoms with E-state index in [4.69, 9.17) is 17.0 Å². The molecule has 2 N–H and O–H groups in total. The molecule has 1 heterocycles. The fourth-order valence-electron chi connectivity index (χ4n) is 3.35. The van der Waals surface area contributed by atoms with Crippen LogP contribution in [0.25, 0.3) is 0 Å². The molecule has 2 aromatic carbocycles. The van der Waals surface area contributed by atoms with Crippen LogP contribution >= 0.6 is 12.2 Å². The summed E-state index contributed by atoms with van der Waals surface area (Å²) in [6.45, 7) is 6.65. The van der Waals surface area contributed by atoms with Gasteiger partial charge in [-0.2, -0.15) is 0 Å². The molecule has 0 spiro atoms. The molecule has 0 saturated heterocycles. The van der Waals surface area contributed by atoms with Crippen LogP contribution in [0.1, 0.15) is 29.3 Å². The lowest BCUT2D eigenvalue weighted by atomic mass is 9.78. The summed E-state index contributed by atoms with van der Waals surface area (Å²) in [5.74, 6) is 0.682. The minimum atomic E-state index is -0.532. The zero-order chi connectivity index (χ0) is 18.6. The second-order valence-corrected chi connectivity index (χ2v) is 6.86. The van der Waals surface area contributed by atoms with E-state index in [0.29, 0.717) is 12.2 Å². The number of nitrogens with one attached hydrogen (secondary N) is 2. The molecular weight excluding hydrogens is 344 g/mol. The number of hydrogen-bond acceptors (Lipinski definition) is 3. The first kappa shape index (κ1) is 18.1. The molecule has 4 nitrogen and oxygen atoms in total. The third-order valence-corrected chi connectivity index (χ3v) is 5.00. The maximum atomic E-state index is 12.4. The number of thiocarbonyl (C=S) groups is 1. The van der Waals surface area contributed by atoms with Gasteiger partial charge in [0.05, 0.1) is 12.1 Å². The Labute approximate surface area is 159 Å². The predicted octanol–water partition coefficient (Wildman–Crippen LogP) is 3.79. The average Bonchev–Trinajstić information content (AvgIpc) is 2.79. The van der Waals surface area contributed by atoms with E-state index < -0.39 is 5.54 Å². The Hall–Kier alpha value is -2.66. The Balaban J connectivity index is 1.84. The van der Waals surface area contributed by atoms with Crippen molar-refractivity contribution in [2.45, 2.75) is 18.9 Å². The summed E-state index contributed by atoms with van der Waals surface area (Å²) in [5.41, 5.74) is 1.03. The van der Waals surface area contributed by atoms with Gasteiger partial charge in [0.1, 0.15) is 5.75 Å². The number of carbonyl (C=O) groups excluding carboxylic acids is 1. The molecule has 0 bridgehead atoms. The summed E-state index contributed by atoms with van der Waals surface area (Å²) in [6, 6.07) is 16.9. The van der Waals surface area contributed by atoms with Crippen LogP contribution in [-0.4, -0.2) is 17.6 Å². The van der Waals surface area contributed by atoms with Gasteiger partial charge in [-0.3, -0.25) is 10.1 Å². The first-order chi connectivity index (χ1) is 12.5. The van der Waals surface area contributed by atoms with E-state index in [9.17, 15) is 4.79 Å². The topological polar surface area (TPSA) is 50.4 Å². The van der Waals surface area contributed by atoms with E-state index in [1.165, 1.54) is 0 Å². The van der Waals surface area contributed by atoms with E-state index >= 15 is 0 Å². The maximum Gasteiger partial charge on any atom is 0.257 e. The molecule has 0 aliphatic carbocycles. The van der Waals surface area contributed by atoms with E-state index in [1.54, 1.807) is 12.1 Å². The van der Waals surface area contributed by atoms with Crippen molar-refractivity contribution >= 4 is 23.2 Å². The van der Waals surface area contributed by atoms with Crippen molar-refractivity contribution in [2.75, 3.05) is 6.61 Å². The van der Waals surface area contributed by atoms with Crippen LogP contribution in [0.5, 0.6) is 5.75 Å². The molecule has 1 aliphatic heterocycles. The smallest absolute Gasteiger partial charge is 0.257 e. The van der Waals surface area contributed by atoms with Crippen LogP contribution in [0.2, 0.25) is 0 Å². The van der Waals surface area contributed by atoms with E-state index in [-0.39, 0.29) is 16.9 Å². The summed E-state index contributed by atoms with van der Waals surface area (Å²) in [5, 5.41) is 6.39. The molecule has 134 valence electrons. The third-order valence-electron chi connectivity index (χ3n) is 4.80. The molecule has 3 rings (SSSR count). The molecule has 0 radical (unpaired) electrons. The lowest BCUT2D eigenvalue weighted by Crippen LogP contribution is -2.52. The van der Waals surface area contributed by atoms with Crippen molar-refractivity contribution in [2.24, 2.45) is 5.92 Å². The zero-order valence-electron chi connectivity index (χ0n) is 14.7. The van der Waals surface area contributed by atoms with Gasteiger partial charge in [0, 0.05) is 17.0 Å². The van der Waals surface area contributed by atoms with Gasteiger partial charge < -0.3 is 10.1 Å². The molecule has 0 unspecified atom stereocenters. The van der Waals surface area contributed by atoms with Crippen LogP contribution in [0.4, 0.5) is 0 Å². The lowest BCUT2D eigenvalue weighted by Gasteiger charge is -2.37. The second kappa shape index (κ2) is 7.70. The summed E-state index contributed by atoms with van der Waals surface area (Å²) < 4.78 is 5.89. The molecule has 0 fully saturated rings. The summed E-state index contributed by atoms with van der Waals surface area (Å²) in [6.07, 6.45) is 2.72. The molecular formula is C21H22N2O2S. The molecule has 1 aliphatic rings. The van der Waals surface area contributed by atoms with Gasteiger partial charge in [-0.15, -0.1) is 6.58 Å². The van der Waals surface area contributed by atoms with Gasteiger partial charge >= 0.3 is 0 Å². The monoisotopic (exact) mass is 366 g/mol. The Morgan fingerprint density at radius 1 is 1.23 bits per heavy atom. The summed E-state index contributed by atoms with van der Waals surface area (Å²) >= 11 is 5.44. The normalized spacial score (nSPS) is 21.5. The quantitative estimate of drug-likeness (QED) is 0.641. The van der Waals surface area contributed by atoms with Crippen LogP contribution in [0.15, 0.2) is 67.3 Å². The molecule has 5 heteroatoms. The van der Waals surface area contributed by atoms with E-state index in [2.05, 4.69) is 24.1 Å². The number of hydrogen-bond donors (Lipinski definition) is 2. The molecule has 2 aromatic rings. The summed E-state index contributed by atoms with van der Waals surface area (Å²) in [7, 11) is 0. The van der Waals surface area contributed by atoms with Gasteiger partial charge in [0.2, 0.25) is 0 Å². The first-order valence-corrected chi connectivity index (χ1v) is 8.99. The first-order valence-electron chi connectivity index (χ1n) is 8.58. The fourth-order valence-corrected chi connectivity index (χ4v) is 3.66. The van der Waals surface area contributed by atoms with E-state index in [0.717, 1.165) is 17.7 Å². The average molecular weight is 366 g/mol. The number of rotatable bonds is 3. The minimum absolute atomic E-state index is 0.0951. The number of para-hydroxylation sites is 1. The van der Waals surface area contributed by atoms with Crippen molar-refractivity contribution in [1.29, 1.82) is 0 Å². The van der Waals surface area contributed by atoms with Crippen LogP contribution in [-0.2, 0) is 5.54 Å². The highest BCUT2D eigenvalue weighted by Gasteiger charge is 2.39. The molecule has 0 saturated carbocycles. The van der Waals surface area contributed by atoms with Crippen molar-refractivity contribution in [1.82, 2.24) is 10.6 Å². The van der Waals surface area contributed by atoms with Gasteiger partial charge in [0.15, 0.2) is 5.11 Å². The van der Waals surface area contributed by atoms with Gasteiger partial charge in [-0.25, -0.2) is 0 Å². The molecule has 26 heavy (non-hydrogen) atoms. The molecule has 2 atom stereocenters.